The quantitative estimate of drug-likeness (QED) is 0.544. The number of halogens is 2. The average molecular weight is 530 g/mol. The maximum atomic E-state index is 13.4. The van der Waals surface area contributed by atoms with E-state index in [1.165, 1.54) is 11.1 Å². The Morgan fingerprint density at radius 1 is 1.03 bits per heavy atom. The van der Waals surface area contributed by atoms with Gasteiger partial charge in [0, 0.05) is 44.0 Å². The third-order valence-electron chi connectivity index (χ3n) is 7.83. The summed E-state index contributed by atoms with van der Waals surface area (Å²) in [5.74, 6) is -0.744. The molecule has 3 aliphatic rings. The number of amides is 2. The molecular formula is C26H42Cl2N4O3. The Hall–Kier alpha value is -1.54. The first kappa shape index (κ1) is 29.7. The predicted octanol–water partition coefficient (Wildman–Crippen LogP) is 4.30. The molecule has 1 saturated carbocycles. The third-order valence-corrected chi connectivity index (χ3v) is 7.83. The van der Waals surface area contributed by atoms with Crippen LogP contribution < -0.4 is 4.90 Å². The predicted molar refractivity (Wildman–Crippen MR) is 145 cm³/mol. The lowest BCUT2D eigenvalue weighted by molar-refractivity contribution is -0.139. The highest BCUT2D eigenvalue weighted by Gasteiger charge is 2.37. The minimum Gasteiger partial charge on any atom is -0.480 e. The molecule has 9 heteroatoms. The van der Waals surface area contributed by atoms with Crippen LogP contribution in [0, 0.1) is 0 Å². The zero-order valence-electron chi connectivity index (χ0n) is 21.2. The van der Waals surface area contributed by atoms with E-state index in [2.05, 4.69) is 46.9 Å². The molecule has 0 aromatic heterocycles. The molecule has 4 rings (SSSR count). The van der Waals surface area contributed by atoms with Gasteiger partial charge in [-0.3, -0.25) is 14.6 Å². The molecule has 7 nitrogen and oxygen atoms in total. The van der Waals surface area contributed by atoms with Gasteiger partial charge in [-0.1, -0.05) is 19.4 Å². The van der Waals surface area contributed by atoms with E-state index < -0.39 is 5.97 Å². The Bertz CT molecular complexity index is 848. The van der Waals surface area contributed by atoms with Crippen molar-refractivity contribution in [3.63, 3.8) is 0 Å². The number of carboxylic acid groups (broad SMARTS) is 1. The molecule has 0 spiro atoms. The van der Waals surface area contributed by atoms with Gasteiger partial charge >= 0.3 is 12.0 Å². The molecule has 1 N–H and O–H groups in total. The van der Waals surface area contributed by atoms with Crippen molar-refractivity contribution in [2.45, 2.75) is 70.4 Å². The summed E-state index contributed by atoms with van der Waals surface area (Å²) in [4.78, 5) is 33.2. The molecular weight excluding hydrogens is 487 g/mol. The molecule has 0 radical (unpaired) electrons. The van der Waals surface area contributed by atoms with E-state index in [1.807, 2.05) is 4.90 Å². The average Bonchev–Trinajstić information content (AvgIpc) is 3.09. The monoisotopic (exact) mass is 528 g/mol. The topological polar surface area (TPSA) is 67.3 Å². The van der Waals surface area contributed by atoms with Gasteiger partial charge in [0.15, 0.2) is 0 Å². The van der Waals surface area contributed by atoms with Crippen LogP contribution in [0.4, 0.5) is 10.5 Å². The first-order valence-electron chi connectivity index (χ1n) is 12.8. The van der Waals surface area contributed by atoms with E-state index >= 15 is 0 Å². The Morgan fingerprint density at radius 3 is 2.37 bits per heavy atom. The van der Waals surface area contributed by atoms with Crippen LogP contribution in [0.25, 0.3) is 0 Å². The van der Waals surface area contributed by atoms with E-state index in [-0.39, 0.29) is 43.4 Å². The number of carbonyl (C=O) groups is 2. The molecule has 1 aliphatic carbocycles. The Morgan fingerprint density at radius 2 is 1.71 bits per heavy atom. The maximum Gasteiger partial charge on any atom is 0.324 e. The van der Waals surface area contributed by atoms with Gasteiger partial charge in [0.05, 0.1) is 6.54 Å². The van der Waals surface area contributed by atoms with Crippen molar-refractivity contribution in [1.82, 2.24) is 14.7 Å². The molecule has 2 amide bonds. The molecule has 0 atom stereocenters. The number of carboxylic acids is 1. The lowest BCUT2D eigenvalue weighted by Crippen LogP contribution is -2.47. The van der Waals surface area contributed by atoms with Crippen LogP contribution in [0.1, 0.15) is 56.6 Å². The molecule has 2 heterocycles. The van der Waals surface area contributed by atoms with Gasteiger partial charge in [0.1, 0.15) is 0 Å². The summed E-state index contributed by atoms with van der Waals surface area (Å²) in [6.45, 7) is 6.80. The highest BCUT2D eigenvalue weighted by atomic mass is 35.5. The number of carbonyl (C=O) groups excluding carboxylic acids is 1. The second-order valence-electron chi connectivity index (χ2n) is 10.1. The molecule has 2 aliphatic heterocycles. The van der Waals surface area contributed by atoms with Crippen molar-refractivity contribution in [3.05, 3.63) is 29.3 Å². The van der Waals surface area contributed by atoms with Crippen LogP contribution in [0.5, 0.6) is 0 Å². The summed E-state index contributed by atoms with van der Waals surface area (Å²) < 4.78 is 0. The van der Waals surface area contributed by atoms with Crippen molar-refractivity contribution in [3.8, 4) is 0 Å². The number of benzene rings is 1. The summed E-state index contributed by atoms with van der Waals surface area (Å²) in [5, 5.41) is 9.31. The van der Waals surface area contributed by atoms with Crippen LogP contribution in [0.2, 0.25) is 0 Å². The number of urea groups is 1. The second-order valence-corrected chi connectivity index (χ2v) is 10.1. The number of hydrogen-bond acceptors (Lipinski definition) is 4. The molecule has 2 fully saturated rings. The zero-order valence-corrected chi connectivity index (χ0v) is 22.8. The number of rotatable bonds is 8. The van der Waals surface area contributed by atoms with E-state index in [1.54, 1.807) is 0 Å². The summed E-state index contributed by atoms with van der Waals surface area (Å²) in [7, 11) is 2.17. The molecule has 1 aromatic carbocycles. The fourth-order valence-corrected chi connectivity index (χ4v) is 5.78. The van der Waals surface area contributed by atoms with Crippen molar-refractivity contribution in [2.24, 2.45) is 0 Å². The van der Waals surface area contributed by atoms with Gasteiger partial charge in [0.2, 0.25) is 0 Å². The molecule has 1 saturated heterocycles. The Labute approximate surface area is 222 Å². The number of nitrogens with zero attached hydrogens (tertiary/aromatic N) is 4. The van der Waals surface area contributed by atoms with Crippen molar-refractivity contribution < 1.29 is 14.7 Å². The van der Waals surface area contributed by atoms with Gasteiger partial charge in [-0.05, 0) is 81.8 Å². The van der Waals surface area contributed by atoms with Crippen LogP contribution in [0.15, 0.2) is 18.2 Å². The summed E-state index contributed by atoms with van der Waals surface area (Å²) >= 11 is 0. The van der Waals surface area contributed by atoms with E-state index in [4.69, 9.17) is 0 Å². The van der Waals surface area contributed by atoms with Crippen LogP contribution in [-0.4, -0.2) is 90.2 Å². The second kappa shape index (κ2) is 13.7. The first-order valence-corrected chi connectivity index (χ1v) is 12.8. The highest BCUT2D eigenvalue weighted by molar-refractivity contribution is 5.94. The smallest absolute Gasteiger partial charge is 0.324 e. The van der Waals surface area contributed by atoms with Crippen LogP contribution in [0.3, 0.4) is 0 Å². The molecule has 198 valence electrons. The van der Waals surface area contributed by atoms with Crippen molar-refractivity contribution >= 4 is 42.5 Å². The molecule has 35 heavy (non-hydrogen) atoms. The van der Waals surface area contributed by atoms with Gasteiger partial charge in [-0.2, -0.15) is 0 Å². The third kappa shape index (κ3) is 7.25. The lowest BCUT2D eigenvalue weighted by Gasteiger charge is -2.39. The zero-order chi connectivity index (χ0) is 23.4. The van der Waals surface area contributed by atoms with Crippen LogP contribution in [-0.2, 0) is 17.6 Å². The summed E-state index contributed by atoms with van der Waals surface area (Å²) in [6.07, 6.45) is 8.08. The van der Waals surface area contributed by atoms with Crippen LogP contribution >= 0.6 is 24.8 Å². The van der Waals surface area contributed by atoms with E-state index in [0.717, 1.165) is 89.8 Å². The standard InChI is InChI=1S/C26H40N4O3.2ClH/c1-3-4-13-28(19-25(31)32)22-7-9-23(10-8-22)29-16-17-30(26(29)33)24-6-5-20-11-14-27(2)15-12-21(20)18-24;;/h5-6,18,22-23H,3-4,7-17,19H2,1-2H3,(H,31,32);2*1H. The van der Waals surface area contributed by atoms with Gasteiger partial charge in [-0.25, -0.2) is 4.79 Å². The molecule has 0 unspecified atom stereocenters. The number of hydrogen-bond donors (Lipinski definition) is 1. The van der Waals surface area contributed by atoms with Gasteiger partial charge in [0.25, 0.3) is 0 Å². The van der Waals surface area contributed by atoms with E-state index in [0.29, 0.717) is 6.04 Å². The minimum atomic E-state index is -0.744. The summed E-state index contributed by atoms with van der Waals surface area (Å²) in [6, 6.07) is 7.31. The number of fused-ring (bicyclic) bond motifs is 1. The molecule has 1 aromatic rings. The van der Waals surface area contributed by atoms with Gasteiger partial charge in [-0.15, -0.1) is 24.8 Å². The fourth-order valence-electron chi connectivity index (χ4n) is 5.78. The van der Waals surface area contributed by atoms with Crippen molar-refractivity contribution in [1.29, 1.82) is 0 Å². The molecule has 0 bridgehead atoms. The maximum absolute atomic E-state index is 13.4. The number of aliphatic carboxylic acids is 1. The Kier molecular flexibility index (Phi) is 11.6. The van der Waals surface area contributed by atoms with E-state index in [9.17, 15) is 14.7 Å². The Balaban J connectivity index is 0.00000216. The SMILES string of the molecule is CCCCN(CC(=O)O)C1CCC(N2CCN(c3ccc4c(c3)CCN(C)CC4)C2=O)CC1.Cl.Cl. The highest BCUT2D eigenvalue weighted by Crippen LogP contribution is 2.31. The lowest BCUT2D eigenvalue weighted by atomic mass is 9.89. The first-order chi connectivity index (χ1) is 16.0. The largest absolute Gasteiger partial charge is 0.480 e. The number of anilines is 1. The van der Waals surface area contributed by atoms with Gasteiger partial charge < -0.3 is 14.9 Å². The summed E-state index contributed by atoms with van der Waals surface area (Å²) in [5.41, 5.74) is 3.83. The number of likely N-dealkylation sites (N-methyl/N-ethyl adjacent to an activating group) is 1. The minimum absolute atomic E-state index is 0. The number of unbranched alkanes of at least 4 members (excludes halogenated alkanes) is 1. The fraction of sp³-hybridized carbons (Fsp3) is 0.692. The van der Waals surface area contributed by atoms with Crippen molar-refractivity contribution in [2.75, 3.05) is 51.2 Å². The normalized spacial score (nSPS) is 22.9.